The van der Waals surface area contributed by atoms with E-state index in [0.29, 0.717) is 11.3 Å². The van der Waals surface area contributed by atoms with Crippen molar-refractivity contribution in [2.75, 3.05) is 5.32 Å². The number of nitrogens with one attached hydrogen (secondary N) is 2. The average Bonchev–Trinajstić information content (AvgIpc) is 2.28. The van der Waals surface area contributed by atoms with Gasteiger partial charge < -0.3 is 5.32 Å². The van der Waals surface area contributed by atoms with Crippen molar-refractivity contribution in [3.8, 4) is 0 Å². The Morgan fingerprint density at radius 1 is 1.19 bits per heavy atom. The summed E-state index contributed by atoms with van der Waals surface area (Å²) < 4.78 is 2.23. The van der Waals surface area contributed by atoms with Crippen LogP contribution in [-0.2, 0) is 4.79 Å². The Labute approximate surface area is 100.0 Å². The molecule has 1 aromatic carbocycles. The number of hydrogen-bond donors (Lipinski definition) is 3. The SMILES string of the molecule is CC(C)C(=O)Nc1ccc(C(=O)NS)cc1. The lowest BCUT2D eigenvalue weighted by Gasteiger charge is -2.07. The van der Waals surface area contributed by atoms with Crippen molar-refractivity contribution >= 4 is 30.3 Å². The van der Waals surface area contributed by atoms with Gasteiger partial charge >= 0.3 is 0 Å². The molecule has 0 saturated carbocycles. The quantitative estimate of drug-likeness (QED) is 0.704. The second kappa shape index (κ2) is 5.55. The number of rotatable bonds is 3. The third kappa shape index (κ3) is 3.27. The van der Waals surface area contributed by atoms with E-state index < -0.39 is 0 Å². The molecule has 0 aromatic heterocycles. The summed E-state index contributed by atoms with van der Waals surface area (Å²) in [4.78, 5) is 22.6. The van der Waals surface area contributed by atoms with E-state index in [-0.39, 0.29) is 17.7 Å². The van der Waals surface area contributed by atoms with Gasteiger partial charge in [0.1, 0.15) is 0 Å². The molecule has 0 aliphatic carbocycles. The fourth-order valence-corrected chi connectivity index (χ4v) is 1.19. The Hall–Kier alpha value is -1.49. The summed E-state index contributed by atoms with van der Waals surface area (Å²) in [7, 11) is 0. The minimum Gasteiger partial charge on any atom is -0.326 e. The van der Waals surface area contributed by atoms with Crippen LogP contribution in [0.15, 0.2) is 24.3 Å². The second-order valence-electron chi connectivity index (χ2n) is 3.66. The van der Waals surface area contributed by atoms with E-state index in [1.165, 1.54) is 0 Å². The molecule has 0 radical (unpaired) electrons. The van der Waals surface area contributed by atoms with Crippen LogP contribution in [0.1, 0.15) is 24.2 Å². The molecule has 0 bridgehead atoms. The maximum Gasteiger partial charge on any atom is 0.260 e. The molecule has 16 heavy (non-hydrogen) atoms. The van der Waals surface area contributed by atoms with Gasteiger partial charge in [-0.2, -0.15) is 0 Å². The first-order valence-corrected chi connectivity index (χ1v) is 5.34. The molecule has 0 aliphatic rings. The molecule has 2 amide bonds. The number of thiol groups is 1. The van der Waals surface area contributed by atoms with Crippen LogP contribution in [0.3, 0.4) is 0 Å². The van der Waals surface area contributed by atoms with Crippen molar-refractivity contribution in [2.45, 2.75) is 13.8 Å². The maximum atomic E-state index is 11.4. The number of anilines is 1. The van der Waals surface area contributed by atoms with E-state index in [4.69, 9.17) is 0 Å². The molecule has 0 aliphatic heterocycles. The topological polar surface area (TPSA) is 58.2 Å². The van der Waals surface area contributed by atoms with Gasteiger partial charge in [-0.3, -0.25) is 14.3 Å². The van der Waals surface area contributed by atoms with Crippen LogP contribution in [0.25, 0.3) is 0 Å². The van der Waals surface area contributed by atoms with E-state index in [1.807, 2.05) is 13.8 Å². The number of carbonyl (C=O) groups excluding carboxylic acids is 2. The Balaban J connectivity index is 2.72. The van der Waals surface area contributed by atoms with Gasteiger partial charge in [0.2, 0.25) is 5.91 Å². The molecule has 0 unspecified atom stereocenters. The highest BCUT2D eigenvalue weighted by Gasteiger charge is 2.07. The monoisotopic (exact) mass is 238 g/mol. The van der Waals surface area contributed by atoms with Gasteiger partial charge in [0.05, 0.1) is 0 Å². The van der Waals surface area contributed by atoms with Crippen LogP contribution in [0, 0.1) is 5.92 Å². The molecule has 0 atom stereocenters. The van der Waals surface area contributed by atoms with Crippen LogP contribution in [-0.4, -0.2) is 11.8 Å². The van der Waals surface area contributed by atoms with E-state index in [0.717, 1.165) is 0 Å². The molecule has 0 saturated heterocycles. The lowest BCUT2D eigenvalue weighted by molar-refractivity contribution is -0.118. The summed E-state index contributed by atoms with van der Waals surface area (Å²) in [6.07, 6.45) is 0. The van der Waals surface area contributed by atoms with Gasteiger partial charge in [-0.1, -0.05) is 26.7 Å². The Morgan fingerprint density at radius 2 is 1.75 bits per heavy atom. The molecule has 4 nitrogen and oxygen atoms in total. The molecule has 0 fully saturated rings. The van der Waals surface area contributed by atoms with Gasteiger partial charge in [-0.15, -0.1) is 0 Å². The number of hydrogen-bond acceptors (Lipinski definition) is 3. The van der Waals surface area contributed by atoms with E-state index >= 15 is 0 Å². The first-order chi connectivity index (χ1) is 7.54. The van der Waals surface area contributed by atoms with Crippen LogP contribution in [0.4, 0.5) is 5.69 Å². The number of amides is 2. The van der Waals surface area contributed by atoms with Gasteiger partial charge in [0.15, 0.2) is 0 Å². The second-order valence-corrected chi connectivity index (χ2v) is 3.89. The summed E-state index contributed by atoms with van der Waals surface area (Å²) in [6.45, 7) is 3.64. The molecule has 0 spiro atoms. The zero-order valence-electron chi connectivity index (χ0n) is 9.15. The summed E-state index contributed by atoms with van der Waals surface area (Å²) in [5.74, 6) is -0.392. The summed E-state index contributed by atoms with van der Waals surface area (Å²) in [5, 5.41) is 2.74. The number of carbonyl (C=O) groups is 2. The van der Waals surface area contributed by atoms with Crippen LogP contribution >= 0.6 is 12.8 Å². The minimum absolute atomic E-state index is 0.0496. The predicted molar refractivity (Wildman–Crippen MR) is 66.4 cm³/mol. The van der Waals surface area contributed by atoms with Crippen molar-refractivity contribution in [2.24, 2.45) is 5.92 Å². The lowest BCUT2D eigenvalue weighted by Crippen LogP contribution is -2.18. The van der Waals surface area contributed by atoms with Gasteiger partial charge in [0.25, 0.3) is 5.91 Å². The molecular weight excluding hydrogens is 224 g/mol. The zero-order chi connectivity index (χ0) is 12.1. The maximum absolute atomic E-state index is 11.4. The Morgan fingerprint density at radius 3 is 2.19 bits per heavy atom. The van der Waals surface area contributed by atoms with Gasteiger partial charge in [0, 0.05) is 17.2 Å². The molecule has 0 heterocycles. The summed E-state index contributed by atoms with van der Waals surface area (Å²) in [6, 6.07) is 6.61. The fourth-order valence-electron chi connectivity index (χ4n) is 1.06. The standard InChI is InChI=1S/C11H14N2O2S/c1-7(2)10(14)12-9-5-3-8(4-6-9)11(15)13-16/h3-7,16H,1-2H3,(H,12,14)(H,13,15). The predicted octanol–water partition coefficient (Wildman–Crippen LogP) is 1.86. The van der Waals surface area contributed by atoms with Crippen molar-refractivity contribution in [3.05, 3.63) is 29.8 Å². The zero-order valence-corrected chi connectivity index (χ0v) is 10.0. The molecule has 5 heteroatoms. The normalized spacial score (nSPS) is 10.0. The third-order valence-corrected chi connectivity index (χ3v) is 2.24. The average molecular weight is 238 g/mol. The van der Waals surface area contributed by atoms with Crippen LogP contribution in [0.2, 0.25) is 0 Å². The fraction of sp³-hybridized carbons (Fsp3) is 0.273. The molecule has 1 aromatic rings. The highest BCUT2D eigenvalue weighted by Crippen LogP contribution is 2.11. The molecular formula is C11H14N2O2S. The van der Waals surface area contributed by atoms with Crippen molar-refractivity contribution < 1.29 is 9.59 Å². The third-order valence-electron chi connectivity index (χ3n) is 2.04. The Bertz CT molecular complexity index is 387. The van der Waals surface area contributed by atoms with Crippen LogP contribution in [0.5, 0.6) is 0 Å². The minimum atomic E-state index is -0.273. The first kappa shape index (κ1) is 12.6. The summed E-state index contributed by atoms with van der Waals surface area (Å²) in [5.41, 5.74) is 1.17. The lowest BCUT2D eigenvalue weighted by atomic mass is 10.1. The highest BCUT2D eigenvalue weighted by molar-refractivity contribution is 7.78. The van der Waals surface area contributed by atoms with Crippen molar-refractivity contribution in [3.63, 3.8) is 0 Å². The molecule has 86 valence electrons. The largest absolute Gasteiger partial charge is 0.326 e. The van der Waals surface area contributed by atoms with Gasteiger partial charge in [-0.05, 0) is 24.3 Å². The first-order valence-electron chi connectivity index (χ1n) is 4.90. The molecule has 2 N–H and O–H groups in total. The van der Waals surface area contributed by atoms with Crippen LogP contribution < -0.4 is 10.0 Å². The van der Waals surface area contributed by atoms with E-state index in [1.54, 1.807) is 24.3 Å². The van der Waals surface area contributed by atoms with E-state index in [9.17, 15) is 9.59 Å². The van der Waals surface area contributed by atoms with Gasteiger partial charge in [-0.25, -0.2) is 0 Å². The van der Waals surface area contributed by atoms with Crippen molar-refractivity contribution in [1.29, 1.82) is 0 Å². The Kier molecular flexibility index (Phi) is 4.37. The summed E-state index contributed by atoms with van der Waals surface area (Å²) >= 11 is 3.67. The highest BCUT2D eigenvalue weighted by atomic mass is 32.1. The van der Waals surface area contributed by atoms with Crippen molar-refractivity contribution in [1.82, 2.24) is 4.72 Å². The number of benzene rings is 1. The molecule has 1 rings (SSSR count). The van der Waals surface area contributed by atoms with E-state index in [2.05, 4.69) is 22.9 Å². The smallest absolute Gasteiger partial charge is 0.260 e.